The quantitative estimate of drug-likeness (QED) is 0.661. The van der Waals surface area contributed by atoms with E-state index in [1.165, 1.54) is 38.8 Å². The smallest absolute Gasteiger partial charge is 0.0933 e. The highest BCUT2D eigenvalue weighted by Crippen LogP contribution is 2.27. The summed E-state index contributed by atoms with van der Waals surface area (Å²) in [6, 6.07) is 11.9. The highest BCUT2D eigenvalue weighted by atomic mass is 14.2. The van der Waals surface area contributed by atoms with Gasteiger partial charge in [0, 0.05) is 0 Å². The van der Waals surface area contributed by atoms with E-state index in [0.29, 0.717) is 18.5 Å². The van der Waals surface area contributed by atoms with Crippen LogP contribution >= 0.6 is 0 Å². The summed E-state index contributed by atoms with van der Waals surface area (Å²) in [5.74, 6) is 1.12. The van der Waals surface area contributed by atoms with Crippen molar-refractivity contribution in [1.82, 2.24) is 0 Å². The van der Waals surface area contributed by atoms with E-state index >= 15 is 0 Å². The minimum atomic E-state index is 0.420. The Balaban J connectivity index is 2.27. The standard InChI is InChI=1S/C24H31B/c1-8-19-13-21(15(2)3)14-22(16(4)5)24(19)25-18(7)12-20-10-9-17(6)11-23(20)25/h9-16H,8H2,1-7H3. The van der Waals surface area contributed by atoms with Gasteiger partial charge in [0.1, 0.15) is 0 Å². The topological polar surface area (TPSA) is 0 Å². The van der Waals surface area contributed by atoms with Crippen molar-refractivity contribution in [2.24, 2.45) is 0 Å². The van der Waals surface area contributed by atoms with Crippen molar-refractivity contribution in [3.05, 3.63) is 63.6 Å². The molecular formula is C24H31B. The molecule has 130 valence electrons. The molecule has 0 spiro atoms. The molecule has 0 aromatic heterocycles. The number of fused-ring (bicyclic) bond motifs is 1. The molecule has 2 aromatic carbocycles. The number of hydrogen-bond donors (Lipinski definition) is 0. The Morgan fingerprint density at radius 3 is 2.24 bits per heavy atom. The van der Waals surface area contributed by atoms with Gasteiger partial charge in [-0.1, -0.05) is 105 Å². The van der Waals surface area contributed by atoms with Gasteiger partial charge >= 0.3 is 0 Å². The molecule has 0 bridgehead atoms. The van der Waals surface area contributed by atoms with Crippen LogP contribution in [-0.2, 0) is 6.42 Å². The van der Waals surface area contributed by atoms with Crippen LogP contribution in [0.1, 0.15) is 81.2 Å². The fourth-order valence-corrected chi connectivity index (χ4v) is 4.25. The molecule has 0 N–H and O–H groups in total. The van der Waals surface area contributed by atoms with Gasteiger partial charge in [-0.2, -0.15) is 0 Å². The van der Waals surface area contributed by atoms with E-state index in [0.717, 1.165) is 6.42 Å². The van der Waals surface area contributed by atoms with Crippen molar-refractivity contribution in [2.45, 2.75) is 66.7 Å². The van der Waals surface area contributed by atoms with E-state index in [4.69, 9.17) is 0 Å². The maximum atomic E-state index is 2.48. The van der Waals surface area contributed by atoms with Gasteiger partial charge in [0.2, 0.25) is 6.71 Å². The molecule has 1 aliphatic rings. The number of hydrogen-bond acceptors (Lipinski definition) is 0. The van der Waals surface area contributed by atoms with E-state index < -0.39 is 0 Å². The summed E-state index contributed by atoms with van der Waals surface area (Å²) in [5.41, 5.74) is 11.8. The lowest BCUT2D eigenvalue weighted by Gasteiger charge is -2.25. The molecule has 25 heavy (non-hydrogen) atoms. The van der Waals surface area contributed by atoms with Crippen LogP contribution in [0.5, 0.6) is 0 Å². The first kappa shape index (κ1) is 18.0. The zero-order valence-electron chi connectivity index (χ0n) is 16.9. The van der Waals surface area contributed by atoms with Crippen molar-refractivity contribution >= 4 is 23.7 Å². The van der Waals surface area contributed by atoms with Gasteiger partial charge in [-0.05, 0) is 41.9 Å². The number of allylic oxidation sites excluding steroid dienone is 1. The molecule has 0 atom stereocenters. The molecule has 0 amide bonds. The molecule has 0 aliphatic carbocycles. The fraction of sp³-hybridized carbons (Fsp3) is 0.417. The monoisotopic (exact) mass is 330 g/mol. The zero-order chi connectivity index (χ0) is 18.3. The highest BCUT2D eigenvalue weighted by Gasteiger charge is 2.32. The third-order valence-electron chi connectivity index (χ3n) is 5.67. The Hall–Kier alpha value is -1.76. The van der Waals surface area contributed by atoms with Crippen LogP contribution < -0.4 is 10.9 Å². The summed E-state index contributed by atoms with van der Waals surface area (Å²) < 4.78 is 0. The first-order valence-corrected chi connectivity index (χ1v) is 9.78. The molecule has 0 unspecified atom stereocenters. The van der Waals surface area contributed by atoms with Gasteiger partial charge < -0.3 is 0 Å². The molecule has 0 radical (unpaired) electrons. The summed E-state index contributed by atoms with van der Waals surface area (Å²) in [4.78, 5) is 0. The van der Waals surface area contributed by atoms with Crippen molar-refractivity contribution in [3.8, 4) is 0 Å². The first-order chi connectivity index (χ1) is 11.8. The summed E-state index contributed by atoms with van der Waals surface area (Å²) >= 11 is 0. The van der Waals surface area contributed by atoms with E-state index in [2.05, 4.69) is 84.9 Å². The predicted molar refractivity (Wildman–Crippen MR) is 114 cm³/mol. The number of benzene rings is 2. The van der Waals surface area contributed by atoms with Gasteiger partial charge in [0.15, 0.2) is 0 Å². The summed E-state index contributed by atoms with van der Waals surface area (Å²) in [5, 5.41) is 0. The van der Waals surface area contributed by atoms with Gasteiger partial charge in [-0.25, -0.2) is 0 Å². The Morgan fingerprint density at radius 1 is 0.920 bits per heavy atom. The van der Waals surface area contributed by atoms with Crippen LogP contribution in [0.2, 0.25) is 0 Å². The van der Waals surface area contributed by atoms with Gasteiger partial charge in [0.25, 0.3) is 0 Å². The Bertz CT molecular complexity index is 824. The second-order valence-corrected chi connectivity index (χ2v) is 8.30. The predicted octanol–water partition coefficient (Wildman–Crippen LogP) is 5.37. The largest absolute Gasteiger partial charge is 0.238 e. The molecule has 0 saturated heterocycles. The maximum absolute atomic E-state index is 2.48. The maximum Gasteiger partial charge on any atom is 0.238 e. The molecule has 2 aromatic rings. The lowest BCUT2D eigenvalue weighted by atomic mass is 9.36. The Kier molecular flexibility index (Phi) is 4.96. The van der Waals surface area contributed by atoms with Crippen LogP contribution in [0.3, 0.4) is 0 Å². The summed E-state index contributed by atoms with van der Waals surface area (Å²) in [6.45, 7) is 16.5. The summed E-state index contributed by atoms with van der Waals surface area (Å²) in [6.07, 6.45) is 3.49. The number of rotatable bonds is 4. The second-order valence-electron chi connectivity index (χ2n) is 8.30. The SMILES string of the molecule is CCc1cc(C(C)C)cc(C(C)C)c1B1C(C)=Cc2ccc(C)cc21. The molecule has 0 fully saturated rings. The summed E-state index contributed by atoms with van der Waals surface area (Å²) in [7, 11) is 0. The average Bonchev–Trinajstić information content (AvgIpc) is 2.88. The van der Waals surface area contributed by atoms with E-state index in [1.807, 2.05) is 0 Å². The van der Waals surface area contributed by atoms with Crippen molar-refractivity contribution in [3.63, 3.8) is 0 Å². The normalized spacial score (nSPS) is 13.6. The lowest BCUT2D eigenvalue weighted by molar-refractivity contribution is 0.833. The van der Waals surface area contributed by atoms with E-state index in [1.54, 1.807) is 5.46 Å². The van der Waals surface area contributed by atoms with Crippen LogP contribution in [0.25, 0.3) is 6.08 Å². The Morgan fingerprint density at radius 2 is 1.64 bits per heavy atom. The number of aryl methyl sites for hydroxylation is 2. The first-order valence-electron chi connectivity index (χ1n) is 9.78. The third kappa shape index (κ3) is 3.22. The van der Waals surface area contributed by atoms with Crippen molar-refractivity contribution < 1.29 is 0 Å². The lowest BCUT2D eigenvalue weighted by Crippen LogP contribution is -2.46. The minimum Gasteiger partial charge on any atom is -0.0933 e. The zero-order valence-corrected chi connectivity index (χ0v) is 16.9. The second kappa shape index (κ2) is 6.86. The molecule has 0 saturated carbocycles. The van der Waals surface area contributed by atoms with Crippen LogP contribution in [0.4, 0.5) is 0 Å². The van der Waals surface area contributed by atoms with Crippen LogP contribution in [0.15, 0.2) is 35.8 Å². The average molecular weight is 330 g/mol. The van der Waals surface area contributed by atoms with Crippen LogP contribution in [0, 0.1) is 6.92 Å². The van der Waals surface area contributed by atoms with Gasteiger partial charge in [0.05, 0.1) is 0 Å². The molecule has 1 heterocycles. The molecule has 3 rings (SSSR count). The van der Waals surface area contributed by atoms with Crippen molar-refractivity contribution in [1.29, 1.82) is 0 Å². The fourth-order valence-electron chi connectivity index (χ4n) is 4.25. The van der Waals surface area contributed by atoms with Gasteiger partial charge in [-0.3, -0.25) is 0 Å². The molecule has 1 aliphatic heterocycles. The van der Waals surface area contributed by atoms with E-state index in [9.17, 15) is 0 Å². The Labute approximate surface area is 154 Å². The highest BCUT2D eigenvalue weighted by molar-refractivity contribution is 6.93. The van der Waals surface area contributed by atoms with Crippen molar-refractivity contribution in [2.75, 3.05) is 0 Å². The minimum absolute atomic E-state index is 0.420. The third-order valence-corrected chi connectivity index (χ3v) is 5.67. The molecule has 0 nitrogen and oxygen atoms in total. The molecular weight excluding hydrogens is 299 g/mol. The molecule has 1 heteroatoms. The van der Waals surface area contributed by atoms with E-state index in [-0.39, 0.29) is 0 Å². The van der Waals surface area contributed by atoms with Gasteiger partial charge in [-0.15, -0.1) is 0 Å². The van der Waals surface area contributed by atoms with Crippen LogP contribution in [-0.4, -0.2) is 6.71 Å².